The van der Waals surface area contributed by atoms with Crippen LogP contribution in [0.1, 0.15) is 31.0 Å². The fourth-order valence-corrected chi connectivity index (χ4v) is 2.44. The third-order valence-electron chi connectivity index (χ3n) is 3.27. The van der Waals surface area contributed by atoms with Crippen LogP contribution < -0.4 is 0 Å². The summed E-state index contributed by atoms with van der Waals surface area (Å²) in [5.41, 5.74) is 2.01. The first kappa shape index (κ1) is 12.4. The number of rotatable bonds is 1. The predicted molar refractivity (Wildman–Crippen MR) is 65.5 cm³/mol. The van der Waals surface area contributed by atoms with Gasteiger partial charge in [-0.05, 0) is 43.5 Å². The lowest BCUT2D eigenvalue weighted by Crippen LogP contribution is -2.42. The molecule has 1 amide bonds. The third-order valence-corrected chi connectivity index (χ3v) is 3.46. The molecule has 2 unspecified atom stereocenters. The highest BCUT2D eigenvalue weighted by Crippen LogP contribution is 2.30. The monoisotopic (exact) mass is 255 g/mol. The van der Waals surface area contributed by atoms with E-state index in [1.54, 1.807) is 17.9 Å². The van der Waals surface area contributed by atoms with Gasteiger partial charge in [-0.3, -0.25) is 4.79 Å². The number of halogens is 2. The van der Waals surface area contributed by atoms with Crippen LogP contribution in [0, 0.1) is 5.82 Å². The first-order valence-electron chi connectivity index (χ1n) is 5.73. The molecule has 4 heteroatoms. The van der Waals surface area contributed by atoms with Gasteiger partial charge in [-0.1, -0.05) is 6.07 Å². The van der Waals surface area contributed by atoms with E-state index in [0.717, 1.165) is 17.5 Å². The fraction of sp³-hybridized carbons (Fsp3) is 0.462. The largest absolute Gasteiger partial charge is 0.334 e. The Balaban J connectivity index is 2.32. The Morgan fingerprint density at radius 3 is 2.94 bits per heavy atom. The van der Waals surface area contributed by atoms with Crippen molar-refractivity contribution in [2.24, 2.45) is 0 Å². The van der Waals surface area contributed by atoms with Gasteiger partial charge in [0.1, 0.15) is 11.2 Å². The summed E-state index contributed by atoms with van der Waals surface area (Å²) >= 11 is 5.82. The van der Waals surface area contributed by atoms with Crippen molar-refractivity contribution in [2.45, 2.75) is 31.7 Å². The summed E-state index contributed by atoms with van der Waals surface area (Å²) in [5.74, 6) is -0.349. The third kappa shape index (κ3) is 2.29. The summed E-state index contributed by atoms with van der Waals surface area (Å²) in [6.07, 6.45) is 0.759. The summed E-state index contributed by atoms with van der Waals surface area (Å²) in [7, 11) is 0. The molecule has 1 aliphatic heterocycles. The van der Waals surface area contributed by atoms with Crippen molar-refractivity contribution in [3.8, 4) is 0 Å². The Bertz CT molecular complexity index is 447. The molecule has 1 aromatic carbocycles. The molecule has 1 heterocycles. The number of amides is 1. The second-order valence-electron chi connectivity index (χ2n) is 4.42. The minimum atomic E-state index is -0.535. The summed E-state index contributed by atoms with van der Waals surface area (Å²) in [4.78, 5) is 13.6. The van der Waals surface area contributed by atoms with Crippen LogP contribution in [0.4, 0.5) is 4.39 Å². The highest BCUT2D eigenvalue weighted by Gasteiger charge is 2.29. The van der Waals surface area contributed by atoms with Gasteiger partial charge in [-0.25, -0.2) is 4.39 Å². The molecule has 2 atom stereocenters. The van der Waals surface area contributed by atoms with Gasteiger partial charge in [0.2, 0.25) is 5.91 Å². The number of nitrogens with zero attached hydrogens (tertiary/aromatic N) is 1. The number of carbonyl (C=O) groups excluding carboxylic acids is 1. The average Bonchev–Trinajstić information content (AvgIpc) is 2.29. The Labute approximate surface area is 105 Å². The van der Waals surface area contributed by atoms with E-state index in [9.17, 15) is 9.18 Å². The van der Waals surface area contributed by atoms with E-state index in [1.165, 1.54) is 12.1 Å². The quantitative estimate of drug-likeness (QED) is 0.707. The number of carbonyl (C=O) groups is 1. The lowest BCUT2D eigenvalue weighted by atomic mass is 9.93. The maximum atomic E-state index is 13.2. The molecule has 0 aromatic heterocycles. The smallest absolute Gasteiger partial charge is 0.240 e. The molecule has 0 aliphatic carbocycles. The first-order chi connectivity index (χ1) is 8.00. The van der Waals surface area contributed by atoms with Gasteiger partial charge in [0.05, 0.1) is 6.04 Å². The molecule has 0 spiro atoms. The maximum absolute atomic E-state index is 13.2. The van der Waals surface area contributed by atoms with E-state index in [2.05, 4.69) is 0 Å². The zero-order valence-corrected chi connectivity index (χ0v) is 10.7. The van der Waals surface area contributed by atoms with Crippen molar-refractivity contribution in [3.05, 3.63) is 35.1 Å². The van der Waals surface area contributed by atoms with Crippen molar-refractivity contribution >= 4 is 17.5 Å². The predicted octanol–water partition coefficient (Wildman–Crippen LogP) is 2.90. The first-order valence-corrected chi connectivity index (χ1v) is 6.17. The molecule has 17 heavy (non-hydrogen) atoms. The highest BCUT2D eigenvalue weighted by atomic mass is 35.5. The van der Waals surface area contributed by atoms with Crippen molar-refractivity contribution in [1.82, 2.24) is 4.90 Å². The number of alkyl halides is 1. The number of hydrogen-bond donors (Lipinski definition) is 0. The van der Waals surface area contributed by atoms with Crippen molar-refractivity contribution in [1.29, 1.82) is 0 Å². The van der Waals surface area contributed by atoms with E-state index in [-0.39, 0.29) is 17.8 Å². The number of hydrogen-bond acceptors (Lipinski definition) is 1. The molecule has 2 rings (SSSR count). The lowest BCUT2D eigenvalue weighted by Gasteiger charge is -2.36. The van der Waals surface area contributed by atoms with Crippen LogP contribution in [0.15, 0.2) is 18.2 Å². The Hall–Kier alpha value is -1.09. The topological polar surface area (TPSA) is 20.3 Å². The molecule has 1 aromatic rings. The van der Waals surface area contributed by atoms with E-state index in [0.29, 0.717) is 6.54 Å². The molecule has 0 bridgehead atoms. The minimum absolute atomic E-state index is 0.0888. The molecule has 92 valence electrons. The second-order valence-corrected chi connectivity index (χ2v) is 5.07. The van der Waals surface area contributed by atoms with Crippen molar-refractivity contribution in [2.75, 3.05) is 6.54 Å². The fourth-order valence-electron chi connectivity index (χ4n) is 2.31. The number of fused-ring (bicyclic) bond motifs is 1. The Morgan fingerprint density at radius 1 is 1.59 bits per heavy atom. The van der Waals surface area contributed by atoms with Gasteiger partial charge in [-0.2, -0.15) is 0 Å². The van der Waals surface area contributed by atoms with Crippen LogP contribution in [-0.2, 0) is 11.2 Å². The van der Waals surface area contributed by atoms with Gasteiger partial charge >= 0.3 is 0 Å². The van der Waals surface area contributed by atoms with Gasteiger partial charge in [0.15, 0.2) is 0 Å². The van der Waals surface area contributed by atoms with Crippen LogP contribution in [0.3, 0.4) is 0 Å². The van der Waals surface area contributed by atoms with Gasteiger partial charge in [-0.15, -0.1) is 11.6 Å². The lowest BCUT2D eigenvalue weighted by molar-refractivity contribution is -0.133. The van der Waals surface area contributed by atoms with E-state index in [4.69, 9.17) is 11.6 Å². The molecule has 0 N–H and O–H groups in total. The molecule has 2 nitrogen and oxygen atoms in total. The summed E-state index contributed by atoms with van der Waals surface area (Å²) in [5, 5.41) is -0.535. The molecular weight excluding hydrogens is 241 g/mol. The van der Waals surface area contributed by atoms with Crippen LogP contribution >= 0.6 is 11.6 Å². The number of benzene rings is 1. The summed E-state index contributed by atoms with van der Waals surface area (Å²) < 4.78 is 13.2. The maximum Gasteiger partial charge on any atom is 0.240 e. The summed E-state index contributed by atoms with van der Waals surface area (Å²) in [6, 6.07) is 4.67. The normalized spacial score (nSPS) is 20.9. The Kier molecular flexibility index (Phi) is 3.38. The van der Waals surface area contributed by atoms with Crippen LogP contribution in [0.2, 0.25) is 0 Å². The van der Waals surface area contributed by atoms with Crippen LogP contribution in [0.5, 0.6) is 0 Å². The average molecular weight is 256 g/mol. The van der Waals surface area contributed by atoms with E-state index in [1.807, 2.05) is 6.92 Å². The molecule has 0 saturated carbocycles. The van der Waals surface area contributed by atoms with Crippen LogP contribution in [-0.4, -0.2) is 22.7 Å². The van der Waals surface area contributed by atoms with Crippen molar-refractivity contribution < 1.29 is 9.18 Å². The van der Waals surface area contributed by atoms with Crippen LogP contribution in [0.25, 0.3) is 0 Å². The molecular formula is C13H15ClFNO. The minimum Gasteiger partial charge on any atom is -0.334 e. The van der Waals surface area contributed by atoms with Gasteiger partial charge < -0.3 is 4.90 Å². The molecule has 0 radical (unpaired) electrons. The summed E-state index contributed by atoms with van der Waals surface area (Å²) in [6.45, 7) is 4.22. The zero-order chi connectivity index (χ0) is 12.6. The van der Waals surface area contributed by atoms with E-state index >= 15 is 0 Å². The standard InChI is InChI=1S/C13H15ClFNO/c1-8(14)13(17)16-6-5-10-3-4-11(15)7-12(10)9(16)2/h3-4,7-9H,5-6H2,1-2H3. The molecule has 0 fully saturated rings. The van der Waals surface area contributed by atoms with Crippen molar-refractivity contribution in [3.63, 3.8) is 0 Å². The molecule has 1 aliphatic rings. The second kappa shape index (κ2) is 4.65. The van der Waals surface area contributed by atoms with Gasteiger partial charge in [0.25, 0.3) is 0 Å². The Morgan fingerprint density at radius 2 is 2.29 bits per heavy atom. The van der Waals surface area contributed by atoms with Gasteiger partial charge in [0, 0.05) is 6.54 Å². The van der Waals surface area contributed by atoms with E-state index < -0.39 is 5.38 Å². The molecule has 0 saturated heterocycles. The highest BCUT2D eigenvalue weighted by molar-refractivity contribution is 6.30. The SMILES string of the molecule is CC(Cl)C(=O)N1CCc2ccc(F)cc2C1C. The zero-order valence-electron chi connectivity index (χ0n) is 9.91.